The summed E-state index contributed by atoms with van der Waals surface area (Å²) in [7, 11) is -1.97. The van der Waals surface area contributed by atoms with Gasteiger partial charge in [-0.05, 0) is 30.6 Å². The highest BCUT2D eigenvalue weighted by atomic mass is 28.4. The Morgan fingerprint density at radius 3 is 2.33 bits per heavy atom. The summed E-state index contributed by atoms with van der Waals surface area (Å²) >= 11 is 0. The Morgan fingerprint density at radius 1 is 1.22 bits per heavy atom. The van der Waals surface area contributed by atoms with E-state index in [0.29, 0.717) is 6.54 Å². The van der Waals surface area contributed by atoms with E-state index < -0.39 is 8.32 Å². The quantitative estimate of drug-likeness (QED) is 0.553. The first-order valence-corrected chi connectivity index (χ1v) is 12.6. The molecule has 1 fully saturated rings. The van der Waals surface area contributed by atoms with Crippen LogP contribution in [-0.4, -0.2) is 32.3 Å². The van der Waals surface area contributed by atoms with Crippen molar-refractivity contribution in [2.75, 3.05) is 0 Å². The van der Waals surface area contributed by atoms with Crippen LogP contribution in [0.25, 0.3) is 0 Å². The maximum atomic E-state index is 12.6. The minimum absolute atomic E-state index is 0.0195. The predicted octanol–water partition coefficient (Wildman–Crippen LogP) is 3.46. The van der Waals surface area contributed by atoms with E-state index >= 15 is 0 Å². The number of rotatable bonds is 7. The Bertz CT molecular complexity index is 670. The van der Waals surface area contributed by atoms with Crippen LogP contribution in [0, 0.1) is 11.8 Å². The van der Waals surface area contributed by atoms with Gasteiger partial charge in [0.15, 0.2) is 8.32 Å². The average molecular weight is 391 g/mol. The second kappa shape index (κ2) is 8.15. The van der Waals surface area contributed by atoms with Gasteiger partial charge in [0.25, 0.3) is 0 Å². The third-order valence-corrected chi connectivity index (χ3v) is 10.6. The van der Waals surface area contributed by atoms with Gasteiger partial charge in [0.05, 0.1) is 24.0 Å². The molecule has 150 valence electrons. The molecule has 1 aliphatic rings. The van der Waals surface area contributed by atoms with Gasteiger partial charge in [-0.1, -0.05) is 58.0 Å². The predicted molar refractivity (Wildman–Crippen MR) is 111 cm³/mol. The van der Waals surface area contributed by atoms with Gasteiger partial charge in [0, 0.05) is 6.54 Å². The van der Waals surface area contributed by atoms with E-state index in [2.05, 4.69) is 44.5 Å². The number of amides is 2. The fourth-order valence-electron chi connectivity index (χ4n) is 3.18. The number of benzene rings is 1. The van der Waals surface area contributed by atoms with E-state index in [-0.39, 0.29) is 40.8 Å². The van der Waals surface area contributed by atoms with E-state index in [1.54, 1.807) is 0 Å². The standard InChI is InChI=1S/C21H34N2O3Si/c1-14(19(24)22-13-16-11-9-8-10-12-16)18-17(20(25)23-18)15(2)26-27(6,7)21(3,4)5/h8-12,14-15,17-18H,13H2,1-7H3,(H,22,24)(H,23,25)/t14-,15-,17-,18-/m1/s1. The highest BCUT2D eigenvalue weighted by molar-refractivity contribution is 6.74. The zero-order chi connectivity index (χ0) is 20.4. The topological polar surface area (TPSA) is 67.4 Å². The van der Waals surface area contributed by atoms with Gasteiger partial charge in [0.2, 0.25) is 11.8 Å². The molecular weight excluding hydrogens is 356 g/mol. The van der Waals surface area contributed by atoms with Crippen LogP contribution in [0.15, 0.2) is 30.3 Å². The molecule has 2 amide bonds. The fourth-order valence-corrected chi connectivity index (χ4v) is 4.61. The molecule has 6 heteroatoms. The molecule has 0 aliphatic carbocycles. The Hall–Kier alpha value is -1.66. The van der Waals surface area contributed by atoms with Gasteiger partial charge in [0.1, 0.15) is 0 Å². The maximum Gasteiger partial charge on any atom is 0.228 e. The number of β-lactam (4-membered cyclic amide) rings is 1. The van der Waals surface area contributed by atoms with Crippen LogP contribution in [0.5, 0.6) is 0 Å². The average Bonchev–Trinajstić information content (AvgIpc) is 2.56. The third-order valence-electron chi connectivity index (χ3n) is 6.05. The van der Waals surface area contributed by atoms with Crippen molar-refractivity contribution >= 4 is 20.1 Å². The lowest BCUT2D eigenvalue weighted by Gasteiger charge is -2.46. The first-order chi connectivity index (χ1) is 12.4. The molecule has 2 rings (SSSR count). The van der Waals surface area contributed by atoms with Crippen molar-refractivity contribution in [3.63, 3.8) is 0 Å². The number of hydrogen-bond donors (Lipinski definition) is 2. The van der Waals surface area contributed by atoms with Crippen LogP contribution in [0.3, 0.4) is 0 Å². The Morgan fingerprint density at radius 2 is 1.81 bits per heavy atom. The van der Waals surface area contributed by atoms with E-state index in [1.165, 1.54) is 0 Å². The Balaban J connectivity index is 1.96. The molecule has 5 nitrogen and oxygen atoms in total. The van der Waals surface area contributed by atoms with Gasteiger partial charge >= 0.3 is 0 Å². The van der Waals surface area contributed by atoms with Gasteiger partial charge in [-0.25, -0.2) is 0 Å². The maximum absolute atomic E-state index is 12.6. The minimum Gasteiger partial charge on any atom is -0.413 e. The summed E-state index contributed by atoms with van der Waals surface area (Å²) < 4.78 is 6.41. The molecule has 0 bridgehead atoms. The van der Waals surface area contributed by atoms with Gasteiger partial charge < -0.3 is 15.1 Å². The zero-order valence-electron chi connectivity index (χ0n) is 17.6. The van der Waals surface area contributed by atoms with Crippen molar-refractivity contribution in [2.24, 2.45) is 11.8 Å². The van der Waals surface area contributed by atoms with Crippen LogP contribution in [0.1, 0.15) is 40.2 Å². The summed E-state index contributed by atoms with van der Waals surface area (Å²) in [6, 6.07) is 9.63. The monoisotopic (exact) mass is 390 g/mol. The molecule has 27 heavy (non-hydrogen) atoms. The molecule has 4 atom stereocenters. The lowest BCUT2D eigenvalue weighted by molar-refractivity contribution is -0.144. The molecule has 1 aromatic rings. The number of carbonyl (C=O) groups is 2. The van der Waals surface area contributed by atoms with Crippen LogP contribution < -0.4 is 10.6 Å². The Kier molecular flexibility index (Phi) is 6.53. The van der Waals surface area contributed by atoms with Gasteiger partial charge in [-0.3, -0.25) is 9.59 Å². The van der Waals surface area contributed by atoms with Crippen LogP contribution in [0.2, 0.25) is 18.1 Å². The fraction of sp³-hybridized carbons (Fsp3) is 0.619. The van der Waals surface area contributed by atoms with E-state index in [1.807, 2.05) is 44.2 Å². The summed E-state index contributed by atoms with van der Waals surface area (Å²) in [5, 5.41) is 5.96. The molecule has 0 spiro atoms. The zero-order valence-corrected chi connectivity index (χ0v) is 18.6. The molecular formula is C21H34N2O3Si. The molecule has 0 unspecified atom stereocenters. The smallest absolute Gasteiger partial charge is 0.228 e. The molecule has 1 aromatic carbocycles. The van der Waals surface area contributed by atoms with Crippen molar-refractivity contribution in [3.05, 3.63) is 35.9 Å². The number of carbonyl (C=O) groups excluding carboxylic acids is 2. The summed E-state index contributed by atoms with van der Waals surface area (Å²) in [5.41, 5.74) is 1.06. The van der Waals surface area contributed by atoms with E-state index in [0.717, 1.165) is 5.56 Å². The molecule has 0 saturated carbocycles. The van der Waals surface area contributed by atoms with E-state index in [9.17, 15) is 9.59 Å². The summed E-state index contributed by atoms with van der Waals surface area (Å²) in [5.74, 6) is -0.652. The van der Waals surface area contributed by atoms with Crippen molar-refractivity contribution in [3.8, 4) is 0 Å². The van der Waals surface area contributed by atoms with Crippen LogP contribution in [-0.2, 0) is 20.6 Å². The number of hydrogen-bond acceptors (Lipinski definition) is 3. The highest BCUT2D eigenvalue weighted by Crippen LogP contribution is 2.39. The molecule has 1 heterocycles. The van der Waals surface area contributed by atoms with Crippen molar-refractivity contribution in [2.45, 2.75) is 71.4 Å². The molecule has 1 aliphatic heterocycles. The van der Waals surface area contributed by atoms with Crippen molar-refractivity contribution in [1.29, 1.82) is 0 Å². The first-order valence-electron chi connectivity index (χ1n) is 9.74. The van der Waals surface area contributed by atoms with E-state index in [4.69, 9.17) is 4.43 Å². The summed E-state index contributed by atoms with van der Waals surface area (Å²) in [6.07, 6.45) is -0.200. The second-order valence-electron chi connectivity index (χ2n) is 9.14. The normalized spacial score (nSPS) is 22.4. The molecule has 0 aromatic heterocycles. The second-order valence-corrected chi connectivity index (χ2v) is 13.9. The first kappa shape index (κ1) is 21.6. The van der Waals surface area contributed by atoms with Crippen molar-refractivity contribution < 1.29 is 14.0 Å². The molecule has 2 N–H and O–H groups in total. The summed E-state index contributed by atoms with van der Waals surface area (Å²) in [4.78, 5) is 24.8. The van der Waals surface area contributed by atoms with Crippen LogP contribution >= 0.6 is 0 Å². The third kappa shape index (κ3) is 4.99. The Labute approximate surface area is 164 Å². The van der Waals surface area contributed by atoms with Gasteiger partial charge in [-0.15, -0.1) is 0 Å². The lowest BCUT2D eigenvalue weighted by Crippen LogP contribution is -2.67. The molecule has 0 radical (unpaired) electrons. The SMILES string of the molecule is C[C@@H](O[Si](C)(C)C(C)(C)C)[C@H]1C(=O)N[C@@H]1[C@@H](C)C(=O)NCc1ccccc1. The van der Waals surface area contributed by atoms with Crippen LogP contribution in [0.4, 0.5) is 0 Å². The highest BCUT2D eigenvalue weighted by Gasteiger charge is 2.50. The summed E-state index contributed by atoms with van der Waals surface area (Å²) in [6.45, 7) is 15.3. The minimum atomic E-state index is -1.97. The molecule has 1 saturated heterocycles. The largest absolute Gasteiger partial charge is 0.413 e. The number of nitrogens with one attached hydrogen (secondary N) is 2. The van der Waals surface area contributed by atoms with Gasteiger partial charge in [-0.2, -0.15) is 0 Å². The van der Waals surface area contributed by atoms with Crippen molar-refractivity contribution in [1.82, 2.24) is 10.6 Å². The lowest BCUT2D eigenvalue weighted by atomic mass is 9.78.